The molecule has 33 heavy (non-hydrogen) atoms. The largest absolute Gasteiger partial charge is 0.489 e. The van der Waals surface area contributed by atoms with E-state index in [4.69, 9.17) is 4.74 Å². The molecule has 4 rings (SSSR count). The topological polar surface area (TPSA) is 58.6 Å². The number of rotatable bonds is 7. The molecule has 0 bridgehead atoms. The van der Waals surface area contributed by atoms with Crippen molar-refractivity contribution < 1.29 is 27.1 Å². The maximum absolute atomic E-state index is 13.6. The van der Waals surface area contributed by atoms with Crippen LogP contribution in [0.15, 0.2) is 36.5 Å². The second-order valence-electron chi connectivity index (χ2n) is 8.83. The van der Waals surface area contributed by atoms with E-state index in [2.05, 4.69) is 9.97 Å². The Balaban J connectivity index is 1.37. The normalized spacial score (nSPS) is 22.4. The molecule has 1 aromatic heterocycles. The lowest BCUT2D eigenvalue weighted by Gasteiger charge is -2.21. The average Bonchev–Trinajstić information content (AvgIpc) is 3.29. The highest BCUT2D eigenvalue weighted by Crippen LogP contribution is 2.42. The summed E-state index contributed by atoms with van der Waals surface area (Å²) in [6, 6.07) is 9.29. The van der Waals surface area contributed by atoms with Gasteiger partial charge >= 0.3 is 11.8 Å². The Kier molecular flexibility index (Phi) is 6.20. The van der Waals surface area contributed by atoms with E-state index < -0.39 is 24.9 Å². The Labute approximate surface area is 189 Å². The number of ether oxygens (including phenoxy) is 1. The third-order valence-electron chi connectivity index (χ3n) is 6.04. The summed E-state index contributed by atoms with van der Waals surface area (Å²) in [7, 11) is 0. The zero-order valence-corrected chi connectivity index (χ0v) is 18.5. The van der Waals surface area contributed by atoms with Crippen LogP contribution < -0.4 is 14.5 Å². The molecule has 3 heterocycles. The maximum atomic E-state index is 13.6. The van der Waals surface area contributed by atoms with Crippen LogP contribution >= 0.6 is 0 Å². The molecule has 2 atom stereocenters. The van der Waals surface area contributed by atoms with Gasteiger partial charge in [-0.15, -0.1) is 0 Å². The maximum Gasteiger partial charge on any atom is 0.329 e. The summed E-state index contributed by atoms with van der Waals surface area (Å²) in [5, 5.41) is 0. The third kappa shape index (κ3) is 5.04. The monoisotopic (exact) mass is 466 g/mol. The van der Waals surface area contributed by atoms with E-state index in [1.54, 1.807) is 13.0 Å². The quantitative estimate of drug-likeness (QED) is 0.567. The SMILES string of the molecule is CC(=O)C[C@@H](C)c1ccc(O[C@@H]2CCN(c3ccnc(N4CC(F)(F)C(F)(F)C4)n3)C2)cc1. The number of anilines is 2. The molecule has 0 unspecified atom stereocenters. The minimum Gasteiger partial charge on any atom is -0.489 e. The second kappa shape index (κ2) is 8.79. The molecule has 2 aromatic rings. The van der Waals surface area contributed by atoms with Gasteiger partial charge in [-0.25, -0.2) is 4.98 Å². The van der Waals surface area contributed by atoms with Crippen LogP contribution in [0.25, 0.3) is 0 Å². The predicted octanol–water partition coefficient (Wildman–Crippen LogP) is 4.31. The molecule has 0 radical (unpaired) electrons. The van der Waals surface area contributed by atoms with Crippen LogP contribution in [0.4, 0.5) is 29.3 Å². The molecule has 0 N–H and O–H groups in total. The van der Waals surface area contributed by atoms with Crippen molar-refractivity contribution in [2.45, 2.75) is 50.6 Å². The summed E-state index contributed by atoms with van der Waals surface area (Å²) < 4.78 is 60.3. The van der Waals surface area contributed by atoms with Gasteiger partial charge in [0, 0.05) is 25.6 Å². The molecule has 10 heteroatoms. The number of nitrogens with zero attached hydrogens (tertiary/aromatic N) is 4. The summed E-state index contributed by atoms with van der Waals surface area (Å²) >= 11 is 0. The smallest absolute Gasteiger partial charge is 0.329 e. The molecular formula is C23H26F4N4O2. The molecule has 1 aromatic carbocycles. The Morgan fingerprint density at radius 1 is 1.12 bits per heavy atom. The number of alkyl halides is 4. The van der Waals surface area contributed by atoms with Crippen LogP contribution in [0.1, 0.15) is 38.2 Å². The second-order valence-corrected chi connectivity index (χ2v) is 8.83. The summed E-state index contributed by atoms with van der Waals surface area (Å²) in [5.74, 6) is -6.88. The standard InChI is InChI=1S/C23H26F4N4O2/c1-15(11-16(2)32)17-3-5-18(6-4-17)33-19-8-10-30(12-19)20-7-9-28-21(29-20)31-13-22(24,25)23(26,27)14-31/h3-7,9,15,19H,8,10-14H2,1-2H3/t15-,19-/m1/s1. The third-order valence-corrected chi connectivity index (χ3v) is 6.04. The fourth-order valence-electron chi connectivity index (χ4n) is 4.22. The number of carbonyl (C=O) groups is 1. The first kappa shape index (κ1) is 23.3. The lowest BCUT2D eigenvalue weighted by molar-refractivity contribution is -0.172. The fraction of sp³-hybridized carbons (Fsp3) is 0.522. The van der Waals surface area contributed by atoms with Gasteiger partial charge in [-0.3, -0.25) is 0 Å². The van der Waals surface area contributed by atoms with Crippen molar-refractivity contribution in [2.75, 3.05) is 36.0 Å². The van der Waals surface area contributed by atoms with E-state index in [1.807, 2.05) is 36.1 Å². The van der Waals surface area contributed by atoms with E-state index in [9.17, 15) is 22.4 Å². The van der Waals surface area contributed by atoms with Gasteiger partial charge in [0.2, 0.25) is 5.95 Å². The van der Waals surface area contributed by atoms with E-state index in [1.165, 1.54) is 6.20 Å². The Bertz CT molecular complexity index is 986. The minimum atomic E-state index is -4.11. The highest BCUT2D eigenvalue weighted by molar-refractivity contribution is 5.76. The molecule has 0 aliphatic carbocycles. The predicted molar refractivity (Wildman–Crippen MR) is 116 cm³/mol. The van der Waals surface area contributed by atoms with Crippen LogP contribution in [0.5, 0.6) is 5.75 Å². The number of hydrogen-bond acceptors (Lipinski definition) is 6. The Hall–Kier alpha value is -2.91. The van der Waals surface area contributed by atoms with E-state index in [0.29, 0.717) is 31.1 Å². The molecule has 178 valence electrons. The highest BCUT2D eigenvalue weighted by Gasteiger charge is 2.63. The number of ketones is 1. The molecule has 2 fully saturated rings. The first-order valence-corrected chi connectivity index (χ1v) is 10.9. The van der Waals surface area contributed by atoms with Gasteiger partial charge in [0.15, 0.2) is 0 Å². The van der Waals surface area contributed by atoms with Gasteiger partial charge in [0.25, 0.3) is 0 Å². The van der Waals surface area contributed by atoms with Crippen molar-refractivity contribution in [1.29, 1.82) is 0 Å². The molecule has 2 aliphatic heterocycles. The molecule has 0 amide bonds. The average molecular weight is 466 g/mol. The lowest BCUT2D eigenvalue weighted by atomic mass is 9.96. The molecule has 2 aliphatic rings. The number of aromatic nitrogens is 2. The molecular weight excluding hydrogens is 440 g/mol. The van der Waals surface area contributed by atoms with Gasteiger partial charge in [0.1, 0.15) is 23.5 Å². The fourth-order valence-corrected chi connectivity index (χ4v) is 4.22. The molecule has 6 nitrogen and oxygen atoms in total. The van der Waals surface area contributed by atoms with Crippen molar-refractivity contribution in [3.05, 3.63) is 42.1 Å². The van der Waals surface area contributed by atoms with Crippen LogP contribution in [0, 0.1) is 0 Å². The summed E-state index contributed by atoms with van der Waals surface area (Å²) in [5.41, 5.74) is 1.07. The van der Waals surface area contributed by atoms with Crippen molar-refractivity contribution in [3.8, 4) is 5.75 Å². The first-order chi connectivity index (χ1) is 15.5. The summed E-state index contributed by atoms with van der Waals surface area (Å²) in [6.45, 7) is 2.50. The van der Waals surface area contributed by atoms with Crippen LogP contribution in [0.2, 0.25) is 0 Å². The molecule has 0 spiro atoms. The number of benzene rings is 1. The summed E-state index contributed by atoms with van der Waals surface area (Å²) in [4.78, 5) is 22.2. The zero-order chi connectivity index (χ0) is 23.8. The van der Waals surface area contributed by atoms with E-state index in [-0.39, 0.29) is 23.8 Å². The number of hydrogen-bond donors (Lipinski definition) is 0. The summed E-state index contributed by atoms with van der Waals surface area (Å²) in [6.07, 6.45) is 2.50. The van der Waals surface area contributed by atoms with E-state index >= 15 is 0 Å². The van der Waals surface area contributed by atoms with Gasteiger partial charge < -0.3 is 19.3 Å². The van der Waals surface area contributed by atoms with Crippen molar-refractivity contribution >= 4 is 17.5 Å². The Morgan fingerprint density at radius 2 is 1.79 bits per heavy atom. The Morgan fingerprint density at radius 3 is 2.42 bits per heavy atom. The molecule has 0 saturated carbocycles. The van der Waals surface area contributed by atoms with E-state index in [0.717, 1.165) is 16.9 Å². The van der Waals surface area contributed by atoms with Gasteiger partial charge in [-0.2, -0.15) is 22.5 Å². The van der Waals surface area contributed by atoms with Gasteiger partial charge in [-0.1, -0.05) is 19.1 Å². The van der Waals surface area contributed by atoms with Gasteiger partial charge in [0.05, 0.1) is 19.6 Å². The van der Waals surface area contributed by atoms with Crippen LogP contribution in [-0.4, -0.2) is 59.9 Å². The van der Waals surface area contributed by atoms with Crippen molar-refractivity contribution in [1.82, 2.24) is 9.97 Å². The minimum absolute atomic E-state index is 0.107. The molecule has 2 saturated heterocycles. The van der Waals surface area contributed by atoms with Gasteiger partial charge in [-0.05, 0) is 36.6 Å². The number of Topliss-reactive ketones (excluding diaryl/α,β-unsaturated/α-hetero) is 1. The van der Waals surface area contributed by atoms with Crippen LogP contribution in [0.3, 0.4) is 0 Å². The highest BCUT2D eigenvalue weighted by atomic mass is 19.3. The lowest BCUT2D eigenvalue weighted by Crippen LogP contribution is -2.38. The number of halogens is 4. The van der Waals surface area contributed by atoms with Crippen LogP contribution in [-0.2, 0) is 4.79 Å². The first-order valence-electron chi connectivity index (χ1n) is 10.9. The van der Waals surface area contributed by atoms with Crippen molar-refractivity contribution in [3.63, 3.8) is 0 Å². The zero-order valence-electron chi connectivity index (χ0n) is 18.5. The van der Waals surface area contributed by atoms with Crippen molar-refractivity contribution in [2.24, 2.45) is 0 Å². The number of carbonyl (C=O) groups excluding carboxylic acids is 1.